The topological polar surface area (TPSA) is 44.4 Å². The maximum absolute atomic E-state index is 12.0. The number of rotatable bonds is 5. The van der Waals surface area contributed by atoms with Gasteiger partial charge in [0.05, 0.1) is 0 Å². The molecule has 4 nitrogen and oxygen atoms in total. The Bertz CT molecular complexity index is 499. The van der Waals surface area contributed by atoms with E-state index in [-0.39, 0.29) is 11.9 Å². The predicted octanol–water partition coefficient (Wildman–Crippen LogP) is 2.21. The highest BCUT2D eigenvalue weighted by molar-refractivity contribution is 5.86. The third kappa shape index (κ3) is 3.76. The van der Waals surface area contributed by atoms with Gasteiger partial charge in [0, 0.05) is 31.4 Å². The lowest BCUT2D eigenvalue weighted by Crippen LogP contribution is -2.55. The summed E-state index contributed by atoms with van der Waals surface area (Å²) in [4.78, 5) is 14.2. The predicted molar refractivity (Wildman–Crippen MR) is 87.6 cm³/mol. The standard InChI is InChI=1S/C17H27N3O/c1-5-15-17(21)18-8-9-20(15)16-7-6-14(10-13(16)4)11-19-12(2)3/h6-7,10,12,15,19H,5,8-9,11H2,1-4H3,(H,18,21). The van der Waals surface area contributed by atoms with E-state index < -0.39 is 0 Å². The molecule has 1 fully saturated rings. The summed E-state index contributed by atoms with van der Waals surface area (Å²) in [7, 11) is 0. The van der Waals surface area contributed by atoms with Gasteiger partial charge in [-0.2, -0.15) is 0 Å². The molecule has 1 heterocycles. The quantitative estimate of drug-likeness (QED) is 0.873. The largest absolute Gasteiger partial charge is 0.358 e. The van der Waals surface area contributed by atoms with E-state index >= 15 is 0 Å². The molecule has 1 saturated heterocycles. The van der Waals surface area contributed by atoms with Gasteiger partial charge in [-0.05, 0) is 30.5 Å². The number of amides is 1. The van der Waals surface area contributed by atoms with Crippen LogP contribution < -0.4 is 15.5 Å². The third-order valence-corrected chi connectivity index (χ3v) is 4.00. The van der Waals surface area contributed by atoms with Gasteiger partial charge in [-0.3, -0.25) is 4.79 Å². The van der Waals surface area contributed by atoms with Crippen molar-refractivity contribution in [3.63, 3.8) is 0 Å². The van der Waals surface area contributed by atoms with Crippen molar-refractivity contribution in [3.05, 3.63) is 29.3 Å². The van der Waals surface area contributed by atoms with Crippen LogP contribution in [0.3, 0.4) is 0 Å². The normalized spacial score (nSPS) is 19.0. The zero-order chi connectivity index (χ0) is 15.4. The number of hydrogen-bond acceptors (Lipinski definition) is 3. The Hall–Kier alpha value is -1.55. The highest BCUT2D eigenvalue weighted by Crippen LogP contribution is 2.25. The molecule has 4 heteroatoms. The van der Waals surface area contributed by atoms with Gasteiger partial charge >= 0.3 is 0 Å². The molecule has 1 aliphatic heterocycles. The van der Waals surface area contributed by atoms with Gasteiger partial charge < -0.3 is 15.5 Å². The number of piperazine rings is 1. The molecule has 1 unspecified atom stereocenters. The highest BCUT2D eigenvalue weighted by atomic mass is 16.2. The van der Waals surface area contributed by atoms with Crippen molar-refractivity contribution in [1.82, 2.24) is 10.6 Å². The van der Waals surface area contributed by atoms with Gasteiger partial charge in [-0.25, -0.2) is 0 Å². The van der Waals surface area contributed by atoms with E-state index in [1.807, 2.05) is 0 Å². The molecule has 116 valence electrons. The van der Waals surface area contributed by atoms with Crippen molar-refractivity contribution < 1.29 is 4.79 Å². The number of nitrogens with one attached hydrogen (secondary N) is 2. The third-order valence-electron chi connectivity index (χ3n) is 4.00. The first-order chi connectivity index (χ1) is 10.0. The summed E-state index contributed by atoms with van der Waals surface area (Å²) in [6.45, 7) is 11.0. The van der Waals surface area contributed by atoms with E-state index in [0.717, 1.165) is 26.1 Å². The highest BCUT2D eigenvalue weighted by Gasteiger charge is 2.28. The lowest BCUT2D eigenvalue weighted by molar-refractivity contribution is -0.123. The van der Waals surface area contributed by atoms with Crippen molar-refractivity contribution in [3.8, 4) is 0 Å². The molecule has 1 aromatic carbocycles. The van der Waals surface area contributed by atoms with Crippen LogP contribution in [0.25, 0.3) is 0 Å². The van der Waals surface area contributed by atoms with Crippen LogP contribution in [0.4, 0.5) is 5.69 Å². The number of anilines is 1. The van der Waals surface area contributed by atoms with Crippen LogP contribution in [0.15, 0.2) is 18.2 Å². The minimum atomic E-state index is -0.0444. The van der Waals surface area contributed by atoms with Crippen LogP contribution in [-0.4, -0.2) is 31.1 Å². The van der Waals surface area contributed by atoms with E-state index in [4.69, 9.17) is 0 Å². The zero-order valence-corrected chi connectivity index (χ0v) is 13.6. The average Bonchev–Trinajstić information content (AvgIpc) is 2.45. The summed E-state index contributed by atoms with van der Waals surface area (Å²) >= 11 is 0. The fourth-order valence-corrected chi connectivity index (χ4v) is 2.88. The summed E-state index contributed by atoms with van der Waals surface area (Å²) in [5.41, 5.74) is 3.72. The molecule has 1 aliphatic rings. The first-order valence-corrected chi connectivity index (χ1v) is 7.90. The molecule has 0 aliphatic carbocycles. The number of hydrogen-bond donors (Lipinski definition) is 2. The second-order valence-corrected chi connectivity index (χ2v) is 6.06. The molecule has 1 atom stereocenters. The number of benzene rings is 1. The molecule has 0 saturated carbocycles. The van der Waals surface area contributed by atoms with Crippen molar-refractivity contribution in [2.24, 2.45) is 0 Å². The molecule has 0 bridgehead atoms. The van der Waals surface area contributed by atoms with Crippen molar-refractivity contribution in [2.45, 2.75) is 52.7 Å². The Labute approximate surface area is 127 Å². The van der Waals surface area contributed by atoms with Gasteiger partial charge in [0.15, 0.2) is 0 Å². The molecule has 0 aromatic heterocycles. The first kappa shape index (κ1) is 15.8. The number of nitrogens with zero attached hydrogens (tertiary/aromatic N) is 1. The Balaban J connectivity index is 2.17. The Kier molecular flexibility index (Phi) is 5.23. The zero-order valence-electron chi connectivity index (χ0n) is 13.6. The van der Waals surface area contributed by atoms with Crippen LogP contribution in [-0.2, 0) is 11.3 Å². The smallest absolute Gasteiger partial charge is 0.242 e. The fourth-order valence-electron chi connectivity index (χ4n) is 2.88. The summed E-state index contributed by atoms with van der Waals surface area (Å²) in [5.74, 6) is 0.147. The van der Waals surface area contributed by atoms with Gasteiger partial charge in [0.1, 0.15) is 6.04 Å². The summed E-state index contributed by atoms with van der Waals surface area (Å²) in [5, 5.41) is 6.39. The SMILES string of the molecule is CCC1C(=O)NCCN1c1ccc(CNC(C)C)cc1C. The van der Waals surface area contributed by atoms with E-state index in [1.54, 1.807) is 0 Å². The molecule has 0 spiro atoms. The molecular formula is C17H27N3O. The lowest BCUT2D eigenvalue weighted by atomic mass is 10.0. The molecule has 0 radical (unpaired) electrons. The van der Waals surface area contributed by atoms with Crippen LogP contribution in [0, 0.1) is 6.92 Å². The second-order valence-electron chi connectivity index (χ2n) is 6.06. The molecule has 2 rings (SSSR count). The van der Waals surface area contributed by atoms with Crippen LogP contribution >= 0.6 is 0 Å². The summed E-state index contributed by atoms with van der Waals surface area (Å²) < 4.78 is 0. The minimum absolute atomic E-state index is 0.0444. The van der Waals surface area contributed by atoms with Crippen molar-refractivity contribution in [2.75, 3.05) is 18.0 Å². The van der Waals surface area contributed by atoms with E-state index in [0.29, 0.717) is 6.04 Å². The van der Waals surface area contributed by atoms with E-state index in [1.165, 1.54) is 16.8 Å². The number of carbonyl (C=O) groups is 1. The number of carbonyl (C=O) groups excluding carboxylic acids is 1. The first-order valence-electron chi connectivity index (χ1n) is 7.90. The average molecular weight is 289 g/mol. The van der Waals surface area contributed by atoms with Gasteiger partial charge in [0.2, 0.25) is 5.91 Å². The van der Waals surface area contributed by atoms with Gasteiger partial charge in [-0.1, -0.05) is 32.9 Å². The minimum Gasteiger partial charge on any atom is -0.358 e. The Morgan fingerprint density at radius 1 is 1.43 bits per heavy atom. The van der Waals surface area contributed by atoms with Crippen LogP contribution in [0.5, 0.6) is 0 Å². The Morgan fingerprint density at radius 3 is 2.81 bits per heavy atom. The Morgan fingerprint density at radius 2 is 2.19 bits per heavy atom. The fraction of sp³-hybridized carbons (Fsp3) is 0.588. The molecule has 1 aromatic rings. The lowest BCUT2D eigenvalue weighted by Gasteiger charge is -2.37. The maximum atomic E-state index is 12.0. The van der Waals surface area contributed by atoms with Crippen molar-refractivity contribution >= 4 is 11.6 Å². The molecule has 2 N–H and O–H groups in total. The molecular weight excluding hydrogens is 262 g/mol. The maximum Gasteiger partial charge on any atom is 0.242 e. The monoisotopic (exact) mass is 289 g/mol. The van der Waals surface area contributed by atoms with Crippen LogP contribution in [0.2, 0.25) is 0 Å². The molecule has 21 heavy (non-hydrogen) atoms. The summed E-state index contributed by atoms with van der Waals surface area (Å²) in [6.07, 6.45) is 0.835. The second kappa shape index (κ2) is 6.94. The summed E-state index contributed by atoms with van der Waals surface area (Å²) in [6, 6.07) is 6.99. The number of aryl methyl sites for hydroxylation is 1. The van der Waals surface area contributed by atoms with Gasteiger partial charge in [0.25, 0.3) is 0 Å². The van der Waals surface area contributed by atoms with E-state index in [2.05, 4.69) is 61.4 Å². The van der Waals surface area contributed by atoms with Crippen molar-refractivity contribution in [1.29, 1.82) is 0 Å². The van der Waals surface area contributed by atoms with Crippen LogP contribution in [0.1, 0.15) is 38.3 Å². The van der Waals surface area contributed by atoms with E-state index in [9.17, 15) is 4.79 Å². The molecule has 1 amide bonds. The van der Waals surface area contributed by atoms with Gasteiger partial charge in [-0.15, -0.1) is 0 Å².